The number of hydrogen-bond donors (Lipinski definition) is 0. The third-order valence-electron chi connectivity index (χ3n) is 3.97. The van der Waals surface area contributed by atoms with Gasteiger partial charge < -0.3 is 4.90 Å². The fraction of sp³-hybridized carbons (Fsp3) is 0.667. The molecule has 19 heavy (non-hydrogen) atoms. The third kappa shape index (κ3) is 4.66. The third-order valence-corrected chi connectivity index (χ3v) is 4.27. The molecule has 1 heterocycles. The number of carbonyl (C=O) groups excluding carboxylic acids is 1. The number of likely N-dealkylation sites (tertiary alicyclic amines) is 1. The zero-order valence-corrected chi connectivity index (χ0v) is 12.4. The molecule has 4 heteroatoms. The molecule has 2 rings (SSSR count). The van der Waals surface area contributed by atoms with Gasteiger partial charge in [0.15, 0.2) is 0 Å². The summed E-state index contributed by atoms with van der Waals surface area (Å²) in [5.41, 5.74) is 1.44. The van der Waals surface area contributed by atoms with E-state index in [4.69, 9.17) is 11.6 Å². The van der Waals surface area contributed by atoms with Gasteiger partial charge in [0, 0.05) is 20.1 Å². The van der Waals surface area contributed by atoms with E-state index in [0.29, 0.717) is 5.92 Å². The van der Waals surface area contributed by atoms with Gasteiger partial charge >= 0.3 is 0 Å². The van der Waals surface area contributed by atoms with Crippen molar-refractivity contribution in [2.45, 2.75) is 24.6 Å². The molecule has 1 aliphatic heterocycles. The molecule has 0 aromatic rings. The first kappa shape index (κ1) is 14.6. The number of carbonyl (C=O) groups is 1. The van der Waals surface area contributed by atoms with Crippen molar-refractivity contribution >= 4 is 18.0 Å². The van der Waals surface area contributed by atoms with Crippen LogP contribution in [0.4, 0.5) is 0 Å². The largest absolute Gasteiger partial charge is 0.348 e. The van der Waals surface area contributed by atoms with Crippen LogP contribution in [-0.2, 0) is 4.79 Å². The number of amides is 1. The fourth-order valence-corrected chi connectivity index (χ4v) is 3.16. The van der Waals surface area contributed by atoms with Gasteiger partial charge in [-0.05, 0) is 38.3 Å². The van der Waals surface area contributed by atoms with Gasteiger partial charge in [0.1, 0.15) is 0 Å². The molecule has 2 aliphatic rings. The highest BCUT2D eigenvalue weighted by Gasteiger charge is 2.21. The molecule has 106 valence electrons. The maximum absolute atomic E-state index is 10.6. The lowest BCUT2D eigenvalue weighted by molar-refractivity contribution is -0.117. The van der Waals surface area contributed by atoms with Crippen molar-refractivity contribution in [3.63, 3.8) is 0 Å². The lowest BCUT2D eigenvalue weighted by atomic mass is 9.95. The fourth-order valence-electron chi connectivity index (χ4n) is 2.88. The molecule has 1 aliphatic carbocycles. The van der Waals surface area contributed by atoms with Crippen molar-refractivity contribution in [2.24, 2.45) is 5.92 Å². The van der Waals surface area contributed by atoms with Crippen LogP contribution in [0.15, 0.2) is 23.8 Å². The van der Waals surface area contributed by atoms with Crippen LogP contribution in [0.25, 0.3) is 0 Å². The molecule has 1 fully saturated rings. The van der Waals surface area contributed by atoms with Crippen LogP contribution in [0, 0.1) is 5.92 Å². The standard InChI is InChI=1S/C15H23ClN2O/c1-17(12-19)10-13-5-7-18(8-6-13)11-14-3-2-4-15(16)9-14/h2-4,12-13,15H,5-11H2,1H3. The normalized spacial score (nSPS) is 25.2. The maximum atomic E-state index is 10.6. The van der Waals surface area contributed by atoms with E-state index in [0.717, 1.165) is 39.0 Å². The van der Waals surface area contributed by atoms with Crippen LogP contribution in [0.2, 0.25) is 0 Å². The topological polar surface area (TPSA) is 23.6 Å². The first-order valence-electron chi connectivity index (χ1n) is 7.05. The van der Waals surface area contributed by atoms with Gasteiger partial charge in [-0.15, -0.1) is 11.6 Å². The van der Waals surface area contributed by atoms with Crippen LogP contribution in [0.1, 0.15) is 19.3 Å². The average molecular weight is 283 g/mol. The van der Waals surface area contributed by atoms with Gasteiger partial charge in [-0.1, -0.05) is 23.8 Å². The molecule has 1 unspecified atom stereocenters. The molecule has 1 atom stereocenters. The Bertz CT molecular complexity index is 359. The van der Waals surface area contributed by atoms with Gasteiger partial charge in [0.25, 0.3) is 0 Å². The van der Waals surface area contributed by atoms with Crippen molar-refractivity contribution in [1.82, 2.24) is 9.80 Å². The molecule has 1 amide bonds. The zero-order chi connectivity index (χ0) is 13.7. The number of halogens is 1. The summed E-state index contributed by atoms with van der Waals surface area (Å²) in [6.45, 7) is 4.20. The molecule has 0 radical (unpaired) electrons. The highest BCUT2D eigenvalue weighted by molar-refractivity contribution is 6.22. The summed E-state index contributed by atoms with van der Waals surface area (Å²) in [6.07, 6.45) is 10.6. The SMILES string of the molecule is CN(C=O)CC1CCN(CC2=CC=CC(Cl)C2)CC1. The number of nitrogens with zero attached hydrogens (tertiary/aromatic N) is 2. The molecule has 0 saturated carbocycles. The van der Waals surface area contributed by atoms with Crippen molar-refractivity contribution in [3.05, 3.63) is 23.8 Å². The predicted octanol–water partition coefficient (Wildman–Crippen LogP) is 2.28. The van der Waals surface area contributed by atoms with Crippen molar-refractivity contribution in [2.75, 3.05) is 33.2 Å². The van der Waals surface area contributed by atoms with E-state index < -0.39 is 0 Å². The van der Waals surface area contributed by atoms with Crippen LogP contribution >= 0.6 is 11.6 Å². The summed E-state index contributed by atoms with van der Waals surface area (Å²) in [4.78, 5) is 14.9. The predicted molar refractivity (Wildman–Crippen MR) is 79.3 cm³/mol. The number of alkyl halides is 1. The molecular formula is C15H23ClN2O. The van der Waals surface area contributed by atoms with Crippen molar-refractivity contribution < 1.29 is 4.79 Å². The van der Waals surface area contributed by atoms with Crippen LogP contribution in [0.3, 0.4) is 0 Å². The minimum absolute atomic E-state index is 0.166. The number of rotatable bonds is 5. The van der Waals surface area contributed by atoms with Crippen LogP contribution in [0.5, 0.6) is 0 Å². The molecule has 0 bridgehead atoms. The second-order valence-corrected chi connectivity index (χ2v) is 6.26. The molecule has 3 nitrogen and oxygen atoms in total. The van der Waals surface area contributed by atoms with Crippen LogP contribution in [-0.4, -0.2) is 54.8 Å². The van der Waals surface area contributed by atoms with Crippen LogP contribution < -0.4 is 0 Å². The van der Waals surface area contributed by atoms with E-state index in [9.17, 15) is 4.79 Å². The Balaban J connectivity index is 1.73. The molecule has 0 N–H and O–H groups in total. The Morgan fingerprint density at radius 1 is 1.47 bits per heavy atom. The van der Waals surface area contributed by atoms with Gasteiger partial charge in [0.05, 0.1) is 5.38 Å². The van der Waals surface area contributed by atoms with Crippen molar-refractivity contribution in [3.8, 4) is 0 Å². The minimum atomic E-state index is 0.166. The van der Waals surface area contributed by atoms with Gasteiger partial charge in [-0.2, -0.15) is 0 Å². The zero-order valence-electron chi connectivity index (χ0n) is 11.6. The number of hydrogen-bond acceptors (Lipinski definition) is 2. The highest BCUT2D eigenvalue weighted by Crippen LogP contribution is 2.22. The molecule has 0 spiro atoms. The minimum Gasteiger partial charge on any atom is -0.348 e. The van der Waals surface area contributed by atoms with Gasteiger partial charge in [0.2, 0.25) is 6.41 Å². The summed E-state index contributed by atoms with van der Waals surface area (Å²) in [6, 6.07) is 0. The van der Waals surface area contributed by atoms with E-state index in [-0.39, 0.29) is 5.38 Å². The lowest BCUT2D eigenvalue weighted by Crippen LogP contribution is -2.38. The average Bonchev–Trinajstić information content (AvgIpc) is 2.41. The molecule has 1 saturated heterocycles. The summed E-state index contributed by atoms with van der Waals surface area (Å²) < 4.78 is 0. The van der Waals surface area contributed by atoms with E-state index in [2.05, 4.69) is 17.1 Å². The van der Waals surface area contributed by atoms with E-state index in [1.54, 1.807) is 4.90 Å². The van der Waals surface area contributed by atoms with E-state index in [1.165, 1.54) is 18.4 Å². The first-order valence-corrected chi connectivity index (χ1v) is 7.49. The van der Waals surface area contributed by atoms with E-state index >= 15 is 0 Å². The smallest absolute Gasteiger partial charge is 0.209 e. The van der Waals surface area contributed by atoms with Gasteiger partial charge in [-0.25, -0.2) is 0 Å². The molecule has 0 aromatic heterocycles. The first-order chi connectivity index (χ1) is 9.17. The number of allylic oxidation sites excluding steroid dienone is 3. The quantitative estimate of drug-likeness (QED) is 0.571. The van der Waals surface area contributed by atoms with Gasteiger partial charge in [-0.3, -0.25) is 9.69 Å². The maximum Gasteiger partial charge on any atom is 0.209 e. The molecular weight excluding hydrogens is 260 g/mol. The summed E-state index contributed by atoms with van der Waals surface area (Å²) in [5.74, 6) is 0.660. The molecule has 0 aromatic carbocycles. The summed E-state index contributed by atoms with van der Waals surface area (Å²) >= 11 is 6.14. The Labute approximate surface area is 120 Å². The summed E-state index contributed by atoms with van der Waals surface area (Å²) in [5, 5.41) is 0.166. The Hall–Kier alpha value is -0.800. The Kier molecular flexibility index (Phi) is 5.46. The highest BCUT2D eigenvalue weighted by atomic mass is 35.5. The summed E-state index contributed by atoms with van der Waals surface area (Å²) in [7, 11) is 1.86. The second kappa shape index (κ2) is 7.11. The number of piperidine rings is 1. The second-order valence-electron chi connectivity index (χ2n) is 5.69. The lowest BCUT2D eigenvalue weighted by Gasteiger charge is -2.34. The Morgan fingerprint density at radius 3 is 2.84 bits per heavy atom. The van der Waals surface area contributed by atoms with Crippen molar-refractivity contribution in [1.29, 1.82) is 0 Å². The van der Waals surface area contributed by atoms with E-state index in [1.807, 2.05) is 13.1 Å². The Morgan fingerprint density at radius 2 is 2.21 bits per heavy atom. The monoisotopic (exact) mass is 282 g/mol.